The number of tetrazole rings is 1. The van der Waals surface area contributed by atoms with Crippen molar-refractivity contribution in [2.45, 2.75) is 26.8 Å². The van der Waals surface area contributed by atoms with E-state index in [2.05, 4.69) is 20.7 Å². The Labute approximate surface area is 168 Å². The third-order valence-corrected chi connectivity index (χ3v) is 4.15. The Balaban J connectivity index is 1.63. The monoisotopic (exact) mass is 393 g/mol. The largest absolute Gasteiger partial charge is 0.497 e. The molecule has 8 nitrogen and oxygen atoms in total. The van der Waals surface area contributed by atoms with E-state index in [1.165, 1.54) is 4.80 Å². The summed E-state index contributed by atoms with van der Waals surface area (Å²) in [6, 6.07) is 14.1. The van der Waals surface area contributed by atoms with E-state index in [0.717, 1.165) is 5.56 Å². The van der Waals surface area contributed by atoms with Gasteiger partial charge in [0.2, 0.25) is 11.7 Å². The highest BCUT2D eigenvalue weighted by atomic mass is 16.5. The number of amides is 1. The molecule has 0 bridgehead atoms. The Hall–Kier alpha value is -3.55. The van der Waals surface area contributed by atoms with Crippen LogP contribution in [0.2, 0.25) is 0 Å². The van der Waals surface area contributed by atoms with Crippen LogP contribution in [0.15, 0.2) is 48.5 Å². The number of hydrogen-bond donors (Lipinski definition) is 1. The first-order valence-electron chi connectivity index (χ1n) is 9.30. The highest BCUT2D eigenvalue weighted by Gasteiger charge is 2.12. The zero-order valence-corrected chi connectivity index (χ0v) is 16.6. The van der Waals surface area contributed by atoms with Crippen molar-refractivity contribution in [3.63, 3.8) is 0 Å². The Kier molecular flexibility index (Phi) is 6.33. The van der Waals surface area contributed by atoms with Crippen LogP contribution in [0.4, 0.5) is 5.69 Å². The minimum absolute atomic E-state index is 0.0317. The summed E-state index contributed by atoms with van der Waals surface area (Å²) in [5.74, 6) is 1.19. The van der Waals surface area contributed by atoms with Crippen LogP contribution >= 0.6 is 0 Å². The van der Waals surface area contributed by atoms with Gasteiger partial charge in [-0.15, -0.1) is 10.2 Å². The van der Waals surface area contributed by atoms with Crippen LogP contribution in [0.1, 0.15) is 30.6 Å². The first kappa shape index (κ1) is 20.2. The average molecular weight is 393 g/mol. The first-order chi connectivity index (χ1) is 13.9. The maximum absolute atomic E-state index is 12.5. The number of nitrogens with one attached hydrogen (secondary N) is 1. The fourth-order valence-electron chi connectivity index (χ4n) is 2.73. The maximum atomic E-state index is 12.5. The van der Waals surface area contributed by atoms with Gasteiger partial charge in [0.15, 0.2) is 5.78 Å². The van der Waals surface area contributed by atoms with E-state index < -0.39 is 0 Å². The molecule has 0 aliphatic rings. The summed E-state index contributed by atoms with van der Waals surface area (Å²) in [7, 11) is 1.59. The number of benzene rings is 2. The smallest absolute Gasteiger partial charge is 0.224 e. The number of nitrogens with zero attached hydrogens (tertiary/aromatic N) is 4. The molecule has 3 rings (SSSR count). The van der Waals surface area contributed by atoms with Crippen molar-refractivity contribution in [2.24, 2.45) is 5.92 Å². The van der Waals surface area contributed by atoms with Gasteiger partial charge in [0.1, 0.15) is 12.3 Å². The predicted octanol–water partition coefficient (Wildman–Crippen LogP) is 3.22. The van der Waals surface area contributed by atoms with Crippen LogP contribution in [0.5, 0.6) is 5.75 Å². The average Bonchev–Trinajstić information content (AvgIpc) is 3.16. The second-order valence-electron chi connectivity index (χ2n) is 7.02. The summed E-state index contributed by atoms with van der Waals surface area (Å²) in [6.07, 6.45) is 0.453. The molecular formula is C21H23N5O3. The first-order valence-corrected chi connectivity index (χ1v) is 9.30. The summed E-state index contributed by atoms with van der Waals surface area (Å²) in [5.41, 5.74) is 1.92. The lowest BCUT2D eigenvalue weighted by Crippen LogP contribution is -2.15. The lowest BCUT2D eigenvalue weighted by atomic mass is 10.1. The lowest BCUT2D eigenvalue weighted by Gasteiger charge is -2.07. The molecule has 0 fully saturated rings. The van der Waals surface area contributed by atoms with E-state index in [1.807, 2.05) is 32.0 Å². The zero-order chi connectivity index (χ0) is 20.8. The number of aromatic nitrogens is 4. The summed E-state index contributed by atoms with van der Waals surface area (Å²) in [5, 5.41) is 15.0. The number of methoxy groups -OCH3 is 1. The van der Waals surface area contributed by atoms with Gasteiger partial charge in [0.25, 0.3) is 0 Å². The van der Waals surface area contributed by atoms with Crippen LogP contribution in [0, 0.1) is 5.92 Å². The molecule has 0 aliphatic heterocycles. The van der Waals surface area contributed by atoms with Crippen LogP contribution in [-0.2, 0) is 11.3 Å². The van der Waals surface area contributed by atoms with Gasteiger partial charge >= 0.3 is 0 Å². The number of carbonyl (C=O) groups is 2. The fraction of sp³-hybridized carbons (Fsp3) is 0.286. The molecule has 29 heavy (non-hydrogen) atoms. The van der Waals surface area contributed by atoms with Gasteiger partial charge in [-0.3, -0.25) is 9.59 Å². The molecule has 0 spiro atoms. The molecule has 1 N–H and O–H groups in total. The van der Waals surface area contributed by atoms with E-state index in [4.69, 9.17) is 4.74 Å². The molecule has 0 radical (unpaired) electrons. The molecule has 3 aromatic rings. The van der Waals surface area contributed by atoms with Gasteiger partial charge in [-0.2, -0.15) is 4.80 Å². The molecule has 0 aliphatic carbocycles. The van der Waals surface area contributed by atoms with Crippen molar-refractivity contribution in [1.29, 1.82) is 0 Å². The molecule has 1 amide bonds. The topological polar surface area (TPSA) is 99.0 Å². The highest BCUT2D eigenvalue weighted by Crippen LogP contribution is 2.20. The molecule has 150 valence electrons. The Morgan fingerprint density at radius 2 is 1.90 bits per heavy atom. The molecule has 0 unspecified atom stereocenters. The van der Waals surface area contributed by atoms with Crippen molar-refractivity contribution in [1.82, 2.24) is 20.2 Å². The van der Waals surface area contributed by atoms with Crippen LogP contribution in [0.25, 0.3) is 11.4 Å². The third-order valence-electron chi connectivity index (χ3n) is 4.15. The van der Waals surface area contributed by atoms with Gasteiger partial charge < -0.3 is 10.1 Å². The second-order valence-corrected chi connectivity index (χ2v) is 7.02. The van der Waals surface area contributed by atoms with E-state index in [-0.39, 0.29) is 24.2 Å². The van der Waals surface area contributed by atoms with Crippen molar-refractivity contribution in [3.8, 4) is 17.1 Å². The van der Waals surface area contributed by atoms with Crippen LogP contribution < -0.4 is 10.1 Å². The van der Waals surface area contributed by atoms with Gasteiger partial charge in [0, 0.05) is 23.2 Å². The van der Waals surface area contributed by atoms with Crippen LogP contribution in [-0.4, -0.2) is 39.0 Å². The van der Waals surface area contributed by atoms with Gasteiger partial charge in [-0.25, -0.2) is 0 Å². The minimum atomic E-state index is -0.153. The van der Waals surface area contributed by atoms with Gasteiger partial charge in [0.05, 0.1) is 7.11 Å². The molecule has 8 heteroatoms. The van der Waals surface area contributed by atoms with E-state index in [1.54, 1.807) is 37.4 Å². The molecule has 0 atom stereocenters. The third kappa shape index (κ3) is 5.47. The summed E-state index contributed by atoms with van der Waals surface area (Å²) in [6.45, 7) is 3.94. The number of ether oxygens (including phenoxy) is 1. The number of ketones is 1. The summed E-state index contributed by atoms with van der Waals surface area (Å²) < 4.78 is 5.19. The fourth-order valence-corrected chi connectivity index (χ4v) is 2.73. The van der Waals surface area contributed by atoms with Crippen molar-refractivity contribution in [2.75, 3.05) is 12.4 Å². The van der Waals surface area contributed by atoms with Gasteiger partial charge in [-0.1, -0.05) is 26.0 Å². The predicted molar refractivity (Wildman–Crippen MR) is 109 cm³/mol. The molecule has 1 heterocycles. The maximum Gasteiger partial charge on any atom is 0.224 e. The number of hydrogen-bond acceptors (Lipinski definition) is 6. The second kappa shape index (κ2) is 9.09. The standard InChI is InChI=1S/C21H23N5O3/c1-14(2)11-20(28)22-17-9-7-15(8-10-17)19(27)13-26-24-21(23-25-26)16-5-4-6-18(12-16)29-3/h4-10,12,14H,11,13H2,1-3H3,(H,22,28). The van der Waals surface area contributed by atoms with Crippen molar-refractivity contribution in [3.05, 3.63) is 54.1 Å². The molecule has 0 saturated heterocycles. The Morgan fingerprint density at radius 3 is 2.59 bits per heavy atom. The van der Waals surface area contributed by atoms with Gasteiger partial charge in [-0.05, 0) is 47.5 Å². The molecule has 0 saturated carbocycles. The minimum Gasteiger partial charge on any atom is -0.497 e. The van der Waals surface area contributed by atoms with E-state index >= 15 is 0 Å². The number of Topliss-reactive ketones (excluding diaryl/α,β-unsaturated/α-hetero) is 1. The normalized spacial score (nSPS) is 10.8. The van der Waals surface area contributed by atoms with Crippen molar-refractivity contribution < 1.29 is 14.3 Å². The zero-order valence-electron chi connectivity index (χ0n) is 16.6. The number of rotatable bonds is 8. The molecule has 2 aromatic carbocycles. The van der Waals surface area contributed by atoms with E-state index in [0.29, 0.717) is 29.2 Å². The van der Waals surface area contributed by atoms with E-state index in [9.17, 15) is 9.59 Å². The quantitative estimate of drug-likeness (QED) is 0.590. The Bertz CT molecular complexity index is 996. The molecule has 1 aromatic heterocycles. The number of carbonyl (C=O) groups excluding carboxylic acids is 2. The van der Waals surface area contributed by atoms with Crippen molar-refractivity contribution >= 4 is 17.4 Å². The molecular weight excluding hydrogens is 370 g/mol. The highest BCUT2D eigenvalue weighted by molar-refractivity contribution is 5.97. The van der Waals surface area contributed by atoms with Crippen LogP contribution in [0.3, 0.4) is 0 Å². The SMILES string of the molecule is COc1cccc(-c2nnn(CC(=O)c3ccc(NC(=O)CC(C)C)cc3)n2)c1. The lowest BCUT2D eigenvalue weighted by molar-refractivity contribution is -0.116. The summed E-state index contributed by atoms with van der Waals surface area (Å²) >= 11 is 0. The summed E-state index contributed by atoms with van der Waals surface area (Å²) in [4.78, 5) is 25.6. The number of anilines is 1. The Morgan fingerprint density at radius 1 is 1.14 bits per heavy atom.